The van der Waals surface area contributed by atoms with Crippen molar-refractivity contribution in [3.8, 4) is 11.5 Å². The molecule has 0 saturated carbocycles. The number of hydrogen-bond acceptors (Lipinski definition) is 6. The molecule has 0 aliphatic carbocycles. The van der Waals surface area contributed by atoms with Crippen molar-refractivity contribution in [1.82, 2.24) is 9.97 Å². The highest BCUT2D eigenvalue weighted by atomic mass is 16.5. The lowest BCUT2D eigenvalue weighted by Crippen LogP contribution is -2.27. The van der Waals surface area contributed by atoms with Crippen molar-refractivity contribution < 1.29 is 9.47 Å². The number of nitrogens with zero attached hydrogens (tertiary/aromatic N) is 2. The number of rotatable bonds is 4. The number of hydrogen-bond donors (Lipinski definition) is 2. The van der Waals surface area contributed by atoms with E-state index in [1.807, 2.05) is 12.1 Å². The molecule has 0 radical (unpaired) electrons. The number of methoxy groups -OCH3 is 1. The number of nitrogens with one attached hydrogen (secondary N) is 1. The van der Waals surface area contributed by atoms with E-state index in [-0.39, 0.29) is 0 Å². The smallest absolute Gasteiger partial charge is 0.224 e. The Morgan fingerprint density at radius 3 is 3.14 bits per heavy atom. The summed E-state index contributed by atoms with van der Waals surface area (Å²) in [7, 11) is 1.66. The molecule has 0 unspecified atom stereocenters. The number of fused-ring (bicyclic) bond motifs is 1. The van der Waals surface area contributed by atoms with E-state index in [9.17, 15) is 0 Å². The highest BCUT2D eigenvalue weighted by Gasteiger charge is 2.20. The van der Waals surface area contributed by atoms with E-state index < -0.39 is 0 Å². The van der Waals surface area contributed by atoms with Crippen LogP contribution in [0.1, 0.15) is 5.56 Å². The molecule has 6 heteroatoms. The monoisotopic (exact) mass is 286 g/mol. The molecule has 0 saturated heterocycles. The third-order valence-electron chi connectivity index (χ3n) is 3.48. The van der Waals surface area contributed by atoms with Crippen molar-refractivity contribution in [3.63, 3.8) is 0 Å². The van der Waals surface area contributed by atoms with E-state index in [2.05, 4.69) is 21.4 Å². The van der Waals surface area contributed by atoms with Gasteiger partial charge in [-0.25, -0.2) is 4.98 Å². The third kappa shape index (κ3) is 3.16. The highest BCUT2D eigenvalue weighted by molar-refractivity contribution is 5.42. The maximum Gasteiger partial charge on any atom is 0.224 e. The quantitative estimate of drug-likeness (QED) is 0.890. The molecule has 1 aromatic heterocycles. The Hall–Kier alpha value is -2.50. The van der Waals surface area contributed by atoms with E-state index >= 15 is 0 Å². The summed E-state index contributed by atoms with van der Waals surface area (Å²) in [6, 6.07) is 7.61. The molecule has 0 fully saturated rings. The molecule has 0 amide bonds. The van der Waals surface area contributed by atoms with Crippen LogP contribution in [0.2, 0.25) is 0 Å². The van der Waals surface area contributed by atoms with Crippen LogP contribution in [0.3, 0.4) is 0 Å². The summed E-state index contributed by atoms with van der Waals surface area (Å²) in [5.41, 5.74) is 6.83. The molecule has 6 nitrogen and oxygen atoms in total. The Morgan fingerprint density at radius 2 is 2.33 bits per heavy atom. The summed E-state index contributed by atoms with van der Waals surface area (Å²) in [4.78, 5) is 8.25. The van der Waals surface area contributed by atoms with Crippen LogP contribution in [-0.2, 0) is 6.42 Å². The van der Waals surface area contributed by atoms with Crippen LogP contribution in [0.5, 0.6) is 11.5 Å². The predicted molar refractivity (Wildman–Crippen MR) is 80.6 cm³/mol. The first kappa shape index (κ1) is 13.5. The Labute approximate surface area is 123 Å². The molecule has 110 valence electrons. The van der Waals surface area contributed by atoms with Gasteiger partial charge in [-0.15, -0.1) is 0 Å². The second kappa shape index (κ2) is 5.87. The summed E-state index contributed by atoms with van der Waals surface area (Å²) in [5, 5.41) is 3.20. The van der Waals surface area contributed by atoms with E-state index in [1.54, 1.807) is 19.4 Å². The number of benzene rings is 1. The van der Waals surface area contributed by atoms with Crippen LogP contribution < -0.4 is 20.5 Å². The van der Waals surface area contributed by atoms with E-state index in [1.165, 1.54) is 5.56 Å². The van der Waals surface area contributed by atoms with Crippen LogP contribution in [-0.4, -0.2) is 30.2 Å². The summed E-state index contributed by atoms with van der Waals surface area (Å²) in [5.74, 6) is 3.11. The van der Waals surface area contributed by atoms with Crippen LogP contribution in [0, 0.1) is 5.92 Å². The van der Waals surface area contributed by atoms with Crippen molar-refractivity contribution in [1.29, 1.82) is 0 Å². The lowest BCUT2D eigenvalue weighted by molar-refractivity contribution is 0.228. The molecular weight excluding hydrogens is 268 g/mol. The van der Waals surface area contributed by atoms with Crippen molar-refractivity contribution in [2.45, 2.75) is 6.42 Å². The molecule has 0 bridgehead atoms. The normalized spacial score (nSPS) is 16.7. The first-order chi connectivity index (χ1) is 10.2. The van der Waals surface area contributed by atoms with Gasteiger partial charge in [0.15, 0.2) is 0 Å². The van der Waals surface area contributed by atoms with Crippen molar-refractivity contribution in [3.05, 3.63) is 36.0 Å². The number of aromatic nitrogens is 2. The third-order valence-corrected chi connectivity index (χ3v) is 3.48. The predicted octanol–water partition coefficient (Wildman–Crippen LogP) is 1.73. The maximum atomic E-state index is 5.81. The van der Waals surface area contributed by atoms with Gasteiger partial charge in [-0.2, -0.15) is 4.98 Å². The zero-order valence-corrected chi connectivity index (χ0v) is 11.9. The van der Waals surface area contributed by atoms with Gasteiger partial charge in [-0.1, -0.05) is 6.07 Å². The first-order valence-electron chi connectivity index (χ1n) is 6.86. The maximum absolute atomic E-state index is 5.81. The number of nitrogen functional groups attached to an aromatic ring is 1. The molecule has 1 atom stereocenters. The minimum absolute atomic E-state index is 0.371. The average molecular weight is 286 g/mol. The second-order valence-electron chi connectivity index (χ2n) is 5.04. The standard InChI is InChI=1S/C15H18N4O2/c1-20-12-3-2-11-6-10(9-21-13(11)7-12)8-18-15-17-5-4-14(16)19-15/h2-5,7,10H,6,8-9H2,1H3,(H3,16,17,18,19)/t10-/m0/s1. The molecule has 2 heterocycles. The zero-order valence-electron chi connectivity index (χ0n) is 11.9. The van der Waals surface area contributed by atoms with Gasteiger partial charge in [0, 0.05) is 24.7 Å². The molecule has 1 aliphatic heterocycles. The van der Waals surface area contributed by atoms with Gasteiger partial charge in [0.05, 0.1) is 13.7 Å². The molecule has 1 aromatic carbocycles. The molecule has 1 aliphatic rings. The average Bonchev–Trinajstić information content (AvgIpc) is 2.52. The Bertz CT molecular complexity index is 633. The molecule has 2 aromatic rings. The van der Waals surface area contributed by atoms with Crippen molar-refractivity contribution in [2.75, 3.05) is 31.3 Å². The summed E-state index contributed by atoms with van der Waals surface area (Å²) < 4.78 is 11.0. The van der Waals surface area contributed by atoms with Crippen LogP contribution in [0.4, 0.5) is 11.8 Å². The fourth-order valence-corrected chi connectivity index (χ4v) is 2.37. The highest BCUT2D eigenvalue weighted by Crippen LogP contribution is 2.30. The number of ether oxygens (including phenoxy) is 2. The minimum Gasteiger partial charge on any atom is -0.497 e. The molecule has 3 rings (SSSR count). The van der Waals surface area contributed by atoms with Gasteiger partial charge in [0.1, 0.15) is 17.3 Å². The van der Waals surface area contributed by atoms with Gasteiger partial charge in [-0.3, -0.25) is 0 Å². The Kier molecular flexibility index (Phi) is 3.77. The van der Waals surface area contributed by atoms with Crippen molar-refractivity contribution >= 4 is 11.8 Å². The Morgan fingerprint density at radius 1 is 1.43 bits per heavy atom. The summed E-state index contributed by atoms with van der Waals surface area (Å²) in [6.45, 7) is 1.41. The van der Waals surface area contributed by atoms with E-state index in [4.69, 9.17) is 15.2 Å². The lowest BCUT2D eigenvalue weighted by atomic mass is 9.96. The van der Waals surface area contributed by atoms with Crippen LogP contribution >= 0.6 is 0 Å². The van der Waals surface area contributed by atoms with Gasteiger partial charge < -0.3 is 20.5 Å². The van der Waals surface area contributed by atoms with Gasteiger partial charge in [0.2, 0.25) is 5.95 Å². The fourth-order valence-electron chi connectivity index (χ4n) is 2.37. The van der Waals surface area contributed by atoms with Gasteiger partial charge >= 0.3 is 0 Å². The van der Waals surface area contributed by atoms with E-state index in [0.29, 0.717) is 24.3 Å². The van der Waals surface area contributed by atoms with E-state index in [0.717, 1.165) is 24.5 Å². The molecular formula is C15H18N4O2. The van der Waals surface area contributed by atoms with Crippen LogP contribution in [0.25, 0.3) is 0 Å². The van der Waals surface area contributed by atoms with Crippen LogP contribution in [0.15, 0.2) is 30.5 Å². The minimum atomic E-state index is 0.371. The summed E-state index contributed by atoms with van der Waals surface area (Å²) >= 11 is 0. The Balaban J connectivity index is 1.61. The largest absolute Gasteiger partial charge is 0.497 e. The summed E-state index contributed by atoms with van der Waals surface area (Å²) in [6.07, 6.45) is 2.60. The fraction of sp³-hybridized carbons (Fsp3) is 0.333. The SMILES string of the molecule is COc1ccc2c(c1)OC[C@H](CNc1nccc(N)n1)C2. The van der Waals surface area contributed by atoms with Crippen molar-refractivity contribution in [2.24, 2.45) is 5.92 Å². The number of nitrogens with two attached hydrogens (primary N) is 1. The second-order valence-corrected chi connectivity index (χ2v) is 5.04. The number of anilines is 2. The van der Waals surface area contributed by atoms with Gasteiger partial charge in [-0.05, 0) is 24.1 Å². The zero-order chi connectivity index (χ0) is 14.7. The first-order valence-corrected chi connectivity index (χ1v) is 6.86. The molecule has 3 N–H and O–H groups in total. The lowest BCUT2D eigenvalue weighted by Gasteiger charge is -2.25. The topological polar surface area (TPSA) is 82.3 Å². The molecule has 21 heavy (non-hydrogen) atoms. The molecule has 0 spiro atoms. The van der Waals surface area contributed by atoms with Gasteiger partial charge in [0.25, 0.3) is 0 Å².